The normalized spacial score (nSPS) is 24.9. The molecule has 16 heavy (non-hydrogen) atoms. The molecule has 1 saturated carbocycles. The largest absolute Gasteiger partial charge is 0.316 e. The van der Waals surface area contributed by atoms with E-state index in [1.165, 1.54) is 6.42 Å². The molecule has 4 nitrogen and oxygen atoms in total. The van der Waals surface area contributed by atoms with Gasteiger partial charge < -0.3 is 10.3 Å². The average Bonchev–Trinajstić information content (AvgIpc) is 2.97. The van der Waals surface area contributed by atoms with Gasteiger partial charge in [-0.15, -0.1) is 0 Å². The molecule has 86 valence electrons. The number of rotatable bonds is 3. The van der Waals surface area contributed by atoms with Crippen molar-refractivity contribution in [1.29, 1.82) is 0 Å². The third-order valence-electron chi connectivity index (χ3n) is 3.54. The Morgan fingerprint density at radius 3 is 2.88 bits per heavy atom. The van der Waals surface area contributed by atoms with Crippen molar-refractivity contribution in [3.05, 3.63) is 27.9 Å². The molecule has 2 aliphatic rings. The van der Waals surface area contributed by atoms with Gasteiger partial charge in [0.25, 0.3) is 5.56 Å². The van der Waals surface area contributed by atoms with Gasteiger partial charge >= 0.3 is 0 Å². The molecule has 1 unspecified atom stereocenters. The minimum Gasteiger partial charge on any atom is -0.316 e. The van der Waals surface area contributed by atoms with Crippen molar-refractivity contribution < 1.29 is 0 Å². The van der Waals surface area contributed by atoms with Crippen LogP contribution in [0.2, 0.25) is 0 Å². The van der Waals surface area contributed by atoms with Crippen molar-refractivity contribution in [2.24, 2.45) is 5.92 Å². The molecule has 0 spiro atoms. The molecule has 2 fully saturated rings. The first-order valence-corrected chi connectivity index (χ1v) is 6.12. The summed E-state index contributed by atoms with van der Waals surface area (Å²) in [4.78, 5) is 19.1. The summed E-state index contributed by atoms with van der Waals surface area (Å²) in [5.41, 5.74) is 0.965. The Morgan fingerprint density at radius 2 is 2.25 bits per heavy atom. The number of hydrogen-bond acceptors (Lipinski definition) is 3. The minimum absolute atomic E-state index is 0.0819. The van der Waals surface area contributed by atoms with E-state index >= 15 is 0 Å². The Morgan fingerprint density at radius 1 is 1.38 bits per heavy atom. The fourth-order valence-electron chi connectivity index (χ4n) is 2.39. The van der Waals surface area contributed by atoms with Crippen LogP contribution in [0.4, 0.5) is 0 Å². The van der Waals surface area contributed by atoms with Gasteiger partial charge in [0.15, 0.2) is 0 Å². The van der Waals surface area contributed by atoms with Gasteiger partial charge in [0.1, 0.15) is 5.82 Å². The van der Waals surface area contributed by atoms with Gasteiger partial charge in [-0.2, -0.15) is 0 Å². The highest BCUT2D eigenvalue weighted by molar-refractivity contribution is 5.17. The predicted octanol–water partition coefficient (Wildman–Crippen LogP) is 0.799. The van der Waals surface area contributed by atoms with Crippen LogP contribution in [0.15, 0.2) is 11.0 Å². The average molecular weight is 219 g/mol. The van der Waals surface area contributed by atoms with E-state index in [-0.39, 0.29) is 5.56 Å². The summed E-state index contributed by atoms with van der Waals surface area (Å²) in [7, 11) is 0. The second-order valence-corrected chi connectivity index (χ2v) is 4.95. The molecule has 0 radical (unpaired) electrons. The molecule has 1 saturated heterocycles. The van der Waals surface area contributed by atoms with Crippen molar-refractivity contribution in [2.45, 2.75) is 31.6 Å². The lowest BCUT2D eigenvalue weighted by atomic mass is 10.0. The SMILES string of the molecule is O=c1[nH]c(CC2CCNC2)ncc1C1CC1. The van der Waals surface area contributed by atoms with Crippen molar-refractivity contribution >= 4 is 0 Å². The first kappa shape index (κ1) is 10.0. The van der Waals surface area contributed by atoms with Crippen LogP contribution in [-0.4, -0.2) is 23.1 Å². The van der Waals surface area contributed by atoms with E-state index in [0.717, 1.165) is 43.7 Å². The van der Waals surface area contributed by atoms with E-state index in [2.05, 4.69) is 15.3 Å². The highest BCUT2D eigenvalue weighted by Gasteiger charge is 2.26. The van der Waals surface area contributed by atoms with Crippen molar-refractivity contribution in [1.82, 2.24) is 15.3 Å². The maximum atomic E-state index is 11.8. The van der Waals surface area contributed by atoms with E-state index in [1.54, 1.807) is 6.20 Å². The maximum absolute atomic E-state index is 11.8. The lowest BCUT2D eigenvalue weighted by Crippen LogP contribution is -2.18. The highest BCUT2D eigenvalue weighted by atomic mass is 16.1. The molecule has 0 bridgehead atoms. The number of aromatic nitrogens is 2. The topological polar surface area (TPSA) is 57.8 Å². The molecule has 1 aromatic rings. The van der Waals surface area contributed by atoms with Gasteiger partial charge in [-0.1, -0.05) is 0 Å². The monoisotopic (exact) mass is 219 g/mol. The van der Waals surface area contributed by atoms with E-state index in [9.17, 15) is 4.79 Å². The molecule has 1 atom stereocenters. The molecule has 0 aromatic carbocycles. The van der Waals surface area contributed by atoms with Gasteiger partial charge in [0.2, 0.25) is 0 Å². The van der Waals surface area contributed by atoms with Gasteiger partial charge in [-0.3, -0.25) is 4.79 Å². The molecule has 0 amide bonds. The fraction of sp³-hybridized carbons (Fsp3) is 0.667. The molecular formula is C12H17N3O. The third kappa shape index (κ3) is 2.02. The smallest absolute Gasteiger partial charge is 0.254 e. The van der Waals surface area contributed by atoms with E-state index < -0.39 is 0 Å². The lowest BCUT2D eigenvalue weighted by molar-refractivity contribution is 0.559. The van der Waals surface area contributed by atoms with Crippen LogP contribution in [0.3, 0.4) is 0 Å². The first-order valence-electron chi connectivity index (χ1n) is 6.12. The molecule has 3 rings (SSSR count). The Hall–Kier alpha value is -1.16. The predicted molar refractivity (Wildman–Crippen MR) is 61.5 cm³/mol. The molecule has 2 N–H and O–H groups in total. The molecule has 1 aromatic heterocycles. The first-order chi connectivity index (χ1) is 7.83. The third-order valence-corrected chi connectivity index (χ3v) is 3.54. The van der Waals surface area contributed by atoms with Crippen LogP contribution in [0.25, 0.3) is 0 Å². The summed E-state index contributed by atoms with van der Waals surface area (Å²) in [6.07, 6.45) is 6.17. The second-order valence-electron chi connectivity index (χ2n) is 4.95. The Bertz CT molecular complexity index is 430. The number of hydrogen-bond donors (Lipinski definition) is 2. The Balaban J connectivity index is 1.75. The zero-order valence-electron chi connectivity index (χ0n) is 9.33. The van der Waals surface area contributed by atoms with Crippen LogP contribution in [-0.2, 0) is 6.42 Å². The summed E-state index contributed by atoms with van der Waals surface area (Å²) in [6, 6.07) is 0. The van der Waals surface area contributed by atoms with E-state index in [4.69, 9.17) is 0 Å². The summed E-state index contributed by atoms with van der Waals surface area (Å²) >= 11 is 0. The van der Waals surface area contributed by atoms with Gasteiger partial charge in [0.05, 0.1) is 0 Å². The maximum Gasteiger partial charge on any atom is 0.254 e. The lowest BCUT2D eigenvalue weighted by Gasteiger charge is -2.07. The van der Waals surface area contributed by atoms with Crippen LogP contribution < -0.4 is 10.9 Å². The van der Waals surface area contributed by atoms with Crippen LogP contribution >= 0.6 is 0 Å². The highest BCUT2D eigenvalue weighted by Crippen LogP contribution is 2.37. The summed E-state index contributed by atoms with van der Waals surface area (Å²) < 4.78 is 0. The Labute approximate surface area is 94.5 Å². The van der Waals surface area contributed by atoms with Crippen molar-refractivity contribution in [2.75, 3.05) is 13.1 Å². The van der Waals surface area contributed by atoms with Crippen molar-refractivity contribution in [3.8, 4) is 0 Å². The molecule has 1 aliphatic heterocycles. The Kier molecular flexibility index (Phi) is 2.52. The van der Waals surface area contributed by atoms with E-state index in [1.807, 2.05) is 0 Å². The fourth-order valence-corrected chi connectivity index (χ4v) is 2.39. The number of H-pyrrole nitrogens is 1. The molecule has 1 aliphatic carbocycles. The van der Waals surface area contributed by atoms with Gasteiger partial charge in [0, 0.05) is 18.2 Å². The standard InChI is InChI=1S/C12H17N3O/c16-12-10(9-1-2-9)7-14-11(15-12)5-8-3-4-13-6-8/h7-9,13H,1-6H2,(H,14,15,16). The number of aromatic amines is 1. The van der Waals surface area contributed by atoms with Crippen LogP contribution in [0.1, 0.15) is 36.6 Å². The van der Waals surface area contributed by atoms with Gasteiger partial charge in [-0.05, 0) is 44.2 Å². The number of nitrogens with one attached hydrogen (secondary N) is 2. The molecule has 4 heteroatoms. The van der Waals surface area contributed by atoms with Crippen LogP contribution in [0, 0.1) is 5.92 Å². The quantitative estimate of drug-likeness (QED) is 0.790. The number of nitrogens with zero attached hydrogens (tertiary/aromatic N) is 1. The van der Waals surface area contributed by atoms with Gasteiger partial charge in [-0.25, -0.2) is 4.98 Å². The molecular weight excluding hydrogens is 202 g/mol. The summed E-state index contributed by atoms with van der Waals surface area (Å²) in [5.74, 6) is 1.97. The minimum atomic E-state index is 0.0819. The summed E-state index contributed by atoms with van der Waals surface area (Å²) in [5, 5.41) is 3.33. The van der Waals surface area contributed by atoms with Crippen molar-refractivity contribution in [3.63, 3.8) is 0 Å². The zero-order chi connectivity index (χ0) is 11.0. The van der Waals surface area contributed by atoms with E-state index in [0.29, 0.717) is 11.8 Å². The van der Waals surface area contributed by atoms with Crippen LogP contribution in [0.5, 0.6) is 0 Å². The molecule has 2 heterocycles. The second kappa shape index (κ2) is 4.01. The zero-order valence-corrected chi connectivity index (χ0v) is 9.33. The summed E-state index contributed by atoms with van der Waals surface area (Å²) in [6.45, 7) is 2.14.